The first-order valence-electron chi connectivity index (χ1n) is 10.1. The molecular weight excluding hydrogens is 360 g/mol. The van der Waals surface area contributed by atoms with Crippen LogP contribution in [0.25, 0.3) is 6.58 Å². The number of nitrogens with zero attached hydrogens (tertiary/aromatic N) is 3. The van der Waals surface area contributed by atoms with Gasteiger partial charge in [-0.3, -0.25) is 0 Å². The van der Waals surface area contributed by atoms with Gasteiger partial charge < -0.3 is 9.88 Å². The summed E-state index contributed by atoms with van der Waals surface area (Å²) in [7, 11) is 0. The number of aromatic nitrogens is 2. The number of H-pyrrole nitrogens is 1. The van der Waals surface area contributed by atoms with E-state index in [4.69, 9.17) is 4.99 Å². The number of rotatable bonds is 5. The van der Waals surface area contributed by atoms with Gasteiger partial charge in [-0.1, -0.05) is 50.8 Å². The molecule has 3 aromatic rings. The molecule has 1 aliphatic rings. The van der Waals surface area contributed by atoms with Crippen LogP contribution in [0.1, 0.15) is 30.5 Å². The molecule has 1 aliphatic heterocycles. The molecule has 0 aliphatic carbocycles. The first-order chi connectivity index (χ1) is 14.0. The fraction of sp³-hybridized carbons (Fsp3) is 0.292. The van der Waals surface area contributed by atoms with Gasteiger partial charge in [0.05, 0.1) is 16.7 Å². The number of aromatic amines is 1. The van der Waals surface area contributed by atoms with Gasteiger partial charge in [-0.2, -0.15) is 4.98 Å². The maximum Gasteiger partial charge on any atom is 0.347 e. The predicted molar refractivity (Wildman–Crippen MR) is 118 cm³/mol. The summed E-state index contributed by atoms with van der Waals surface area (Å²) < 4.78 is 0. The monoisotopic (exact) mass is 386 g/mol. The number of benzene rings is 2. The van der Waals surface area contributed by atoms with Gasteiger partial charge in [-0.05, 0) is 54.5 Å². The summed E-state index contributed by atoms with van der Waals surface area (Å²) in [4.78, 5) is 26.0. The Labute approximate surface area is 170 Å². The first-order valence-corrected chi connectivity index (χ1v) is 10.1. The third kappa shape index (κ3) is 3.73. The highest BCUT2D eigenvalue weighted by Gasteiger charge is 2.24. The highest BCUT2D eigenvalue weighted by molar-refractivity contribution is 5.77. The van der Waals surface area contributed by atoms with E-state index in [1.165, 1.54) is 16.7 Å². The molecule has 0 fully saturated rings. The van der Waals surface area contributed by atoms with E-state index in [2.05, 4.69) is 78.6 Å². The van der Waals surface area contributed by atoms with E-state index in [0.29, 0.717) is 22.4 Å². The minimum atomic E-state index is -0.394. The van der Waals surface area contributed by atoms with Gasteiger partial charge >= 0.3 is 5.69 Å². The van der Waals surface area contributed by atoms with E-state index in [-0.39, 0.29) is 0 Å². The highest BCUT2D eigenvalue weighted by Crippen LogP contribution is 2.37. The van der Waals surface area contributed by atoms with Crippen molar-refractivity contribution in [2.24, 2.45) is 10.9 Å². The van der Waals surface area contributed by atoms with Crippen molar-refractivity contribution in [2.75, 3.05) is 11.4 Å². The summed E-state index contributed by atoms with van der Waals surface area (Å²) in [5, 5.41) is 1.15. The second kappa shape index (κ2) is 7.66. The minimum absolute atomic E-state index is 0.358. The Balaban J connectivity index is 1.81. The smallest absolute Gasteiger partial charge is 0.322 e. The molecule has 2 aromatic carbocycles. The Morgan fingerprint density at radius 2 is 1.97 bits per heavy atom. The third-order valence-electron chi connectivity index (χ3n) is 5.48. The third-order valence-corrected chi connectivity index (χ3v) is 5.48. The normalized spacial score (nSPS) is 13.4. The number of hydrogen-bond acceptors (Lipinski definition) is 4. The maximum absolute atomic E-state index is 12.1. The van der Waals surface area contributed by atoms with Gasteiger partial charge in [-0.25, -0.2) is 9.79 Å². The van der Waals surface area contributed by atoms with Crippen LogP contribution in [0.4, 0.5) is 17.2 Å². The summed E-state index contributed by atoms with van der Waals surface area (Å²) in [5.41, 5.74) is 5.32. The Bertz CT molecular complexity index is 1210. The SMILES string of the molecule is C=c1[nH]c(=O)nc2c1=Nc1cc(CC)c(C)cc1N2CC(C)Cc1ccccc1. The van der Waals surface area contributed by atoms with E-state index in [1.807, 2.05) is 6.07 Å². The molecule has 29 heavy (non-hydrogen) atoms. The molecule has 1 unspecified atom stereocenters. The highest BCUT2D eigenvalue weighted by atomic mass is 16.1. The van der Waals surface area contributed by atoms with Gasteiger partial charge in [0.15, 0.2) is 5.82 Å². The van der Waals surface area contributed by atoms with Crippen LogP contribution in [0.5, 0.6) is 0 Å². The van der Waals surface area contributed by atoms with Crippen molar-refractivity contribution < 1.29 is 0 Å². The van der Waals surface area contributed by atoms with Crippen LogP contribution in [-0.2, 0) is 12.8 Å². The summed E-state index contributed by atoms with van der Waals surface area (Å²) in [6.45, 7) is 11.2. The minimum Gasteiger partial charge on any atom is -0.322 e. The Morgan fingerprint density at radius 1 is 1.21 bits per heavy atom. The molecular formula is C24H26N4O. The molecule has 5 nitrogen and oxygen atoms in total. The molecule has 0 amide bonds. The topological polar surface area (TPSA) is 61.4 Å². The predicted octanol–water partition coefficient (Wildman–Crippen LogP) is 3.33. The average Bonchev–Trinajstić information content (AvgIpc) is 2.69. The first kappa shape index (κ1) is 19.1. The summed E-state index contributed by atoms with van der Waals surface area (Å²) in [5.74, 6) is 0.950. The number of aryl methyl sites for hydroxylation is 2. The van der Waals surface area contributed by atoms with Gasteiger partial charge in [0, 0.05) is 6.54 Å². The molecule has 1 N–H and O–H groups in total. The van der Waals surface area contributed by atoms with E-state index in [9.17, 15) is 4.79 Å². The standard InChI is InChI=1S/C24H26N4O/c1-5-19-13-20-21(12-16(19)3)28(14-15(2)11-18-9-7-6-8-10-18)23-22(26-20)17(4)25-24(29)27-23/h6-10,12-13,15H,4-5,11,14H2,1-3H3,(H,25,29). The van der Waals surface area contributed by atoms with Crippen LogP contribution in [0.3, 0.4) is 0 Å². The summed E-state index contributed by atoms with van der Waals surface area (Å²) in [6, 6.07) is 14.8. The number of fused-ring (bicyclic) bond motifs is 2. The zero-order chi connectivity index (χ0) is 20.5. The maximum atomic E-state index is 12.1. The van der Waals surface area contributed by atoms with E-state index in [1.54, 1.807) is 0 Å². The average molecular weight is 386 g/mol. The second-order valence-corrected chi connectivity index (χ2v) is 7.83. The van der Waals surface area contributed by atoms with Crippen molar-refractivity contribution >= 4 is 23.8 Å². The fourth-order valence-corrected chi connectivity index (χ4v) is 4.03. The largest absolute Gasteiger partial charge is 0.347 e. The van der Waals surface area contributed by atoms with Crippen LogP contribution < -0.4 is 21.3 Å². The Morgan fingerprint density at radius 3 is 2.69 bits per heavy atom. The lowest BCUT2D eigenvalue weighted by molar-refractivity contribution is 0.580. The molecule has 0 saturated carbocycles. The molecule has 148 valence electrons. The van der Waals surface area contributed by atoms with E-state index in [0.717, 1.165) is 30.8 Å². The van der Waals surface area contributed by atoms with Gasteiger partial charge in [0.1, 0.15) is 5.36 Å². The molecule has 0 radical (unpaired) electrons. The van der Waals surface area contributed by atoms with Crippen molar-refractivity contribution in [1.29, 1.82) is 0 Å². The number of hydrogen-bond donors (Lipinski definition) is 1. The molecule has 4 rings (SSSR count). The Kier molecular flexibility index (Phi) is 5.05. The Hall–Kier alpha value is -3.21. The molecule has 5 heteroatoms. The lowest BCUT2D eigenvalue weighted by atomic mass is 9.98. The molecule has 1 aromatic heterocycles. The van der Waals surface area contributed by atoms with Crippen LogP contribution in [-0.4, -0.2) is 16.5 Å². The van der Waals surface area contributed by atoms with Crippen LogP contribution in [0, 0.1) is 12.8 Å². The molecule has 2 heterocycles. The lowest BCUT2D eigenvalue weighted by Crippen LogP contribution is -2.43. The van der Waals surface area contributed by atoms with E-state index >= 15 is 0 Å². The zero-order valence-electron chi connectivity index (χ0n) is 17.2. The molecule has 0 saturated heterocycles. The zero-order valence-corrected chi connectivity index (χ0v) is 17.2. The van der Waals surface area contributed by atoms with Crippen LogP contribution in [0.15, 0.2) is 52.3 Å². The van der Waals surface area contributed by atoms with Crippen molar-refractivity contribution in [2.45, 2.75) is 33.6 Å². The second-order valence-electron chi connectivity index (χ2n) is 7.83. The van der Waals surface area contributed by atoms with Crippen molar-refractivity contribution in [3.63, 3.8) is 0 Å². The van der Waals surface area contributed by atoms with Crippen molar-refractivity contribution in [3.8, 4) is 0 Å². The van der Waals surface area contributed by atoms with Crippen LogP contribution >= 0.6 is 0 Å². The van der Waals surface area contributed by atoms with E-state index < -0.39 is 5.69 Å². The van der Waals surface area contributed by atoms with Gasteiger partial charge in [0.2, 0.25) is 0 Å². The number of nitrogens with one attached hydrogen (secondary N) is 1. The number of anilines is 2. The van der Waals surface area contributed by atoms with Crippen molar-refractivity contribution in [1.82, 2.24) is 9.97 Å². The molecule has 0 spiro atoms. The molecule has 0 bridgehead atoms. The van der Waals surface area contributed by atoms with Crippen molar-refractivity contribution in [3.05, 3.63) is 80.3 Å². The summed E-state index contributed by atoms with van der Waals surface area (Å²) in [6.07, 6.45) is 1.90. The summed E-state index contributed by atoms with van der Waals surface area (Å²) >= 11 is 0. The van der Waals surface area contributed by atoms with Crippen LogP contribution in [0.2, 0.25) is 0 Å². The molecule has 1 atom stereocenters. The van der Waals surface area contributed by atoms with Gasteiger partial charge in [-0.15, -0.1) is 0 Å². The lowest BCUT2D eigenvalue weighted by Gasteiger charge is -2.31. The quantitative estimate of drug-likeness (QED) is 0.732. The van der Waals surface area contributed by atoms with Gasteiger partial charge in [0.25, 0.3) is 0 Å². The fourth-order valence-electron chi connectivity index (χ4n) is 4.03.